The lowest BCUT2D eigenvalue weighted by Gasteiger charge is -2.53. The number of hydrogen-bond donors (Lipinski definition) is 0. The van der Waals surface area contributed by atoms with Crippen LogP contribution in [0.15, 0.2) is 0 Å². The van der Waals surface area contributed by atoms with Gasteiger partial charge >= 0.3 is 0 Å². The summed E-state index contributed by atoms with van der Waals surface area (Å²) in [5, 5.41) is 0. The van der Waals surface area contributed by atoms with Gasteiger partial charge in [-0.25, -0.2) is 0 Å². The molecule has 14 unspecified atom stereocenters. The summed E-state index contributed by atoms with van der Waals surface area (Å²) in [5.74, 6) is 16.5. The monoisotopic (exact) mass is 699 g/mol. The van der Waals surface area contributed by atoms with Crippen LogP contribution in [0.2, 0.25) is 0 Å². The highest BCUT2D eigenvalue weighted by Crippen LogP contribution is 2.62. The third kappa shape index (κ3) is 7.24. The first-order chi connectivity index (χ1) is 25.2. The molecule has 14 atom stereocenters. The summed E-state index contributed by atoms with van der Waals surface area (Å²) in [5.41, 5.74) is 0. The van der Waals surface area contributed by atoms with Gasteiger partial charge in [-0.1, -0.05) is 122 Å². The fourth-order valence-electron chi connectivity index (χ4n) is 17.9. The molecule has 1 heteroatoms. The largest absolute Gasteiger partial charge is 0.374 e. The van der Waals surface area contributed by atoms with E-state index in [1.54, 1.807) is 122 Å². The maximum atomic E-state index is 7.75. The summed E-state index contributed by atoms with van der Waals surface area (Å²) >= 11 is 0. The number of rotatable bonds is 5. The van der Waals surface area contributed by atoms with E-state index in [2.05, 4.69) is 0 Å². The van der Waals surface area contributed by atoms with E-state index in [-0.39, 0.29) is 0 Å². The standard InChI is InChI=1S/C50H82O/c1-4-12-33(13-5-1)38-20-21-40-27-41(23-22-39(40)26-38)45-24-25-46(50-49(45)47-31-36-18-10-11-19-37(36)32-48(47)51-50)44-29-42(34-14-6-2-7-15-34)28-43(30-44)35-16-8-3-9-17-35/h33-50H,1-32H2. The normalized spacial score (nSPS) is 50.5. The summed E-state index contributed by atoms with van der Waals surface area (Å²) in [4.78, 5) is 0. The topological polar surface area (TPSA) is 9.23 Å². The molecule has 0 bridgehead atoms. The van der Waals surface area contributed by atoms with Gasteiger partial charge in [0, 0.05) is 0 Å². The molecule has 1 saturated heterocycles. The van der Waals surface area contributed by atoms with Crippen molar-refractivity contribution in [1.29, 1.82) is 0 Å². The van der Waals surface area contributed by atoms with Crippen LogP contribution >= 0.6 is 0 Å². The third-order valence-corrected chi connectivity index (χ3v) is 20.3. The van der Waals surface area contributed by atoms with E-state index in [9.17, 15) is 0 Å². The average molecular weight is 699 g/mol. The highest BCUT2D eigenvalue weighted by atomic mass is 16.5. The molecule has 0 aromatic carbocycles. The van der Waals surface area contributed by atoms with E-state index >= 15 is 0 Å². The van der Waals surface area contributed by atoms with Gasteiger partial charge in [0.1, 0.15) is 0 Å². The number of fused-ring (bicyclic) bond motifs is 5. The van der Waals surface area contributed by atoms with Crippen LogP contribution in [0.5, 0.6) is 0 Å². The van der Waals surface area contributed by atoms with Crippen molar-refractivity contribution in [2.45, 2.75) is 218 Å². The molecule has 0 aromatic rings. The lowest BCUT2D eigenvalue weighted by Crippen LogP contribution is -2.48. The predicted molar refractivity (Wildman–Crippen MR) is 212 cm³/mol. The van der Waals surface area contributed by atoms with E-state index in [0.717, 1.165) is 94.7 Å². The Bertz CT molecular complexity index is 1080. The molecule has 288 valence electrons. The molecule has 0 aromatic heterocycles. The zero-order valence-corrected chi connectivity index (χ0v) is 33.4. The zero-order chi connectivity index (χ0) is 33.7. The van der Waals surface area contributed by atoms with E-state index in [4.69, 9.17) is 4.74 Å². The number of ether oxygens (including phenoxy) is 1. The van der Waals surface area contributed by atoms with Gasteiger partial charge in [0.15, 0.2) is 0 Å². The van der Waals surface area contributed by atoms with Gasteiger partial charge in [-0.2, -0.15) is 0 Å². The lowest BCUT2D eigenvalue weighted by molar-refractivity contribution is -0.0869. The van der Waals surface area contributed by atoms with Crippen molar-refractivity contribution < 1.29 is 4.74 Å². The second kappa shape index (κ2) is 15.8. The lowest BCUT2D eigenvalue weighted by atomic mass is 9.52. The van der Waals surface area contributed by atoms with Crippen molar-refractivity contribution in [3.8, 4) is 0 Å². The first-order valence-corrected chi connectivity index (χ1v) is 24.9. The molecule has 1 aliphatic heterocycles. The fourth-order valence-corrected chi connectivity index (χ4v) is 17.9. The Hall–Kier alpha value is -0.0400. The quantitative estimate of drug-likeness (QED) is 0.278. The maximum absolute atomic E-state index is 7.75. The maximum Gasteiger partial charge on any atom is 0.0644 e. The molecular formula is C50H82O. The first kappa shape index (κ1) is 35.4. The van der Waals surface area contributed by atoms with Crippen molar-refractivity contribution >= 4 is 0 Å². The van der Waals surface area contributed by atoms with Crippen LogP contribution in [-0.2, 0) is 4.74 Å². The van der Waals surface area contributed by atoms with Crippen LogP contribution in [-0.4, -0.2) is 12.2 Å². The predicted octanol–water partition coefficient (Wildman–Crippen LogP) is 14.2. The van der Waals surface area contributed by atoms with Crippen molar-refractivity contribution in [3.63, 3.8) is 0 Å². The van der Waals surface area contributed by atoms with Gasteiger partial charge in [0.25, 0.3) is 0 Å². The van der Waals surface area contributed by atoms with Crippen molar-refractivity contribution in [1.82, 2.24) is 0 Å². The molecule has 9 aliphatic carbocycles. The Labute approximate surface area is 316 Å². The Morgan fingerprint density at radius 3 is 1.24 bits per heavy atom. The van der Waals surface area contributed by atoms with Crippen molar-refractivity contribution in [2.75, 3.05) is 0 Å². The summed E-state index contributed by atoms with van der Waals surface area (Å²) in [7, 11) is 0. The van der Waals surface area contributed by atoms with Gasteiger partial charge in [-0.3, -0.25) is 0 Å². The molecule has 1 heterocycles. The van der Waals surface area contributed by atoms with E-state index in [1.807, 2.05) is 0 Å². The zero-order valence-electron chi connectivity index (χ0n) is 33.4. The van der Waals surface area contributed by atoms with Gasteiger partial charge in [-0.05, 0) is 178 Å². The van der Waals surface area contributed by atoms with Crippen LogP contribution in [0.25, 0.3) is 0 Å². The molecule has 0 radical (unpaired) electrons. The molecule has 0 amide bonds. The Morgan fingerprint density at radius 2 is 0.627 bits per heavy atom. The van der Waals surface area contributed by atoms with Gasteiger partial charge in [0.05, 0.1) is 12.2 Å². The molecule has 0 spiro atoms. The van der Waals surface area contributed by atoms with Crippen LogP contribution in [0, 0.1) is 94.7 Å². The minimum atomic E-state index is 0.636. The minimum absolute atomic E-state index is 0.636. The molecule has 10 aliphatic rings. The first-order valence-electron chi connectivity index (χ1n) is 24.9. The van der Waals surface area contributed by atoms with Crippen LogP contribution in [0.4, 0.5) is 0 Å². The van der Waals surface area contributed by atoms with Crippen molar-refractivity contribution in [3.05, 3.63) is 0 Å². The average Bonchev–Trinajstić information content (AvgIpc) is 3.58. The second-order valence-electron chi connectivity index (χ2n) is 22.4. The molecule has 0 N–H and O–H groups in total. The van der Waals surface area contributed by atoms with Crippen molar-refractivity contribution in [2.24, 2.45) is 94.7 Å². The molecule has 10 rings (SSSR count). The van der Waals surface area contributed by atoms with E-state index in [0.29, 0.717) is 12.2 Å². The van der Waals surface area contributed by atoms with Gasteiger partial charge in [-0.15, -0.1) is 0 Å². The Balaban J connectivity index is 0.885. The van der Waals surface area contributed by atoms with E-state index in [1.165, 1.54) is 83.5 Å². The molecule has 10 fully saturated rings. The SMILES string of the molecule is C1CCC(C2CCC3CC(C4CCC(C5CC(C6CCCCC6)CC(C6CCCCC6)C5)C5OC6CC7CCCCC7CC6C45)CCC3C2)CC1. The van der Waals surface area contributed by atoms with Gasteiger partial charge in [0.2, 0.25) is 0 Å². The fraction of sp³-hybridized carbons (Fsp3) is 1.00. The van der Waals surface area contributed by atoms with E-state index < -0.39 is 0 Å². The molecule has 9 saturated carbocycles. The summed E-state index contributed by atoms with van der Waals surface area (Å²) in [6.07, 6.45) is 51.3. The Kier molecular flexibility index (Phi) is 11.0. The highest BCUT2D eigenvalue weighted by molar-refractivity contribution is 5.07. The highest BCUT2D eigenvalue weighted by Gasteiger charge is 2.59. The summed E-state index contributed by atoms with van der Waals surface area (Å²) in [6.45, 7) is 0. The van der Waals surface area contributed by atoms with Crippen LogP contribution in [0.1, 0.15) is 205 Å². The molecule has 1 nitrogen and oxygen atoms in total. The third-order valence-electron chi connectivity index (χ3n) is 20.3. The minimum Gasteiger partial charge on any atom is -0.374 e. The number of hydrogen-bond acceptors (Lipinski definition) is 1. The molecular weight excluding hydrogens is 617 g/mol. The van der Waals surface area contributed by atoms with Crippen LogP contribution < -0.4 is 0 Å². The molecule has 51 heavy (non-hydrogen) atoms. The summed E-state index contributed by atoms with van der Waals surface area (Å²) in [6, 6.07) is 0. The summed E-state index contributed by atoms with van der Waals surface area (Å²) < 4.78 is 7.75. The smallest absolute Gasteiger partial charge is 0.0644 e. The second-order valence-corrected chi connectivity index (χ2v) is 22.4. The Morgan fingerprint density at radius 1 is 0.235 bits per heavy atom. The van der Waals surface area contributed by atoms with Crippen LogP contribution in [0.3, 0.4) is 0 Å². The van der Waals surface area contributed by atoms with Gasteiger partial charge < -0.3 is 4.74 Å².